The van der Waals surface area contributed by atoms with Crippen LogP contribution in [0.2, 0.25) is 0 Å². The minimum Gasteiger partial charge on any atom is -0.497 e. The standard InChI is InChI=1S/C23H24N2O6/c1-28-17-6-4-5-16(13-17)14-30-15-20(26)24-21-18-7-2-3-8-19(18)31-22(21)23(27)25-9-11-29-12-10-25/h2-8,13H,9-12,14-15H2,1H3,(H,24,26). The summed E-state index contributed by atoms with van der Waals surface area (Å²) in [4.78, 5) is 27.2. The number of anilines is 1. The van der Waals surface area contributed by atoms with E-state index < -0.39 is 0 Å². The van der Waals surface area contributed by atoms with Crippen LogP contribution in [0.15, 0.2) is 52.9 Å². The molecule has 1 aromatic heterocycles. The molecule has 2 amide bonds. The highest BCUT2D eigenvalue weighted by Crippen LogP contribution is 2.32. The molecule has 162 valence electrons. The van der Waals surface area contributed by atoms with E-state index in [-0.39, 0.29) is 30.8 Å². The number of fused-ring (bicyclic) bond motifs is 1. The number of nitrogens with zero attached hydrogens (tertiary/aromatic N) is 1. The summed E-state index contributed by atoms with van der Waals surface area (Å²) in [7, 11) is 1.60. The van der Waals surface area contributed by atoms with Crippen LogP contribution in [0.5, 0.6) is 5.75 Å². The van der Waals surface area contributed by atoms with Gasteiger partial charge in [0.25, 0.3) is 11.8 Å². The molecule has 0 radical (unpaired) electrons. The Morgan fingerprint density at radius 3 is 2.71 bits per heavy atom. The second kappa shape index (κ2) is 9.63. The molecule has 0 bridgehead atoms. The van der Waals surface area contributed by atoms with Gasteiger partial charge in [-0.15, -0.1) is 0 Å². The number of hydrogen-bond acceptors (Lipinski definition) is 6. The smallest absolute Gasteiger partial charge is 0.291 e. The molecular formula is C23H24N2O6. The molecule has 31 heavy (non-hydrogen) atoms. The molecule has 0 atom stereocenters. The van der Waals surface area contributed by atoms with Crippen molar-refractivity contribution in [1.82, 2.24) is 4.90 Å². The van der Waals surface area contributed by atoms with E-state index in [0.29, 0.717) is 43.0 Å². The summed E-state index contributed by atoms with van der Waals surface area (Å²) in [6.07, 6.45) is 0. The fourth-order valence-electron chi connectivity index (χ4n) is 3.43. The summed E-state index contributed by atoms with van der Waals surface area (Å²) in [6, 6.07) is 14.7. The van der Waals surface area contributed by atoms with Gasteiger partial charge in [-0.2, -0.15) is 0 Å². The lowest BCUT2D eigenvalue weighted by Crippen LogP contribution is -2.40. The first-order chi connectivity index (χ1) is 15.2. The van der Waals surface area contributed by atoms with E-state index in [0.717, 1.165) is 11.3 Å². The molecule has 1 fully saturated rings. The molecule has 1 saturated heterocycles. The predicted octanol–water partition coefficient (Wildman–Crippen LogP) is 3.07. The van der Waals surface area contributed by atoms with Crippen LogP contribution in [0.3, 0.4) is 0 Å². The van der Waals surface area contributed by atoms with Crippen LogP contribution in [0.4, 0.5) is 5.69 Å². The Balaban J connectivity index is 1.46. The quantitative estimate of drug-likeness (QED) is 0.627. The molecule has 1 aliphatic rings. The molecule has 4 rings (SSSR count). The maximum atomic E-state index is 13.0. The van der Waals surface area contributed by atoms with E-state index in [1.165, 1.54) is 0 Å². The van der Waals surface area contributed by atoms with Crippen molar-refractivity contribution in [3.05, 3.63) is 59.9 Å². The van der Waals surface area contributed by atoms with Crippen LogP contribution in [-0.2, 0) is 20.9 Å². The van der Waals surface area contributed by atoms with Gasteiger partial charge in [-0.1, -0.05) is 24.3 Å². The number of methoxy groups -OCH3 is 1. The highest BCUT2D eigenvalue weighted by Gasteiger charge is 2.27. The molecule has 2 heterocycles. The van der Waals surface area contributed by atoms with Gasteiger partial charge in [-0.25, -0.2) is 0 Å². The van der Waals surface area contributed by atoms with Crippen molar-refractivity contribution in [3.63, 3.8) is 0 Å². The van der Waals surface area contributed by atoms with E-state index in [9.17, 15) is 9.59 Å². The third kappa shape index (κ3) is 4.87. The van der Waals surface area contributed by atoms with Gasteiger partial charge in [0.2, 0.25) is 5.76 Å². The van der Waals surface area contributed by atoms with Crippen LogP contribution in [-0.4, -0.2) is 56.7 Å². The van der Waals surface area contributed by atoms with Crippen molar-refractivity contribution in [3.8, 4) is 5.75 Å². The zero-order chi connectivity index (χ0) is 21.6. The third-order valence-electron chi connectivity index (χ3n) is 4.99. The lowest BCUT2D eigenvalue weighted by Gasteiger charge is -2.26. The Morgan fingerprint density at radius 2 is 1.90 bits per heavy atom. The molecule has 0 aliphatic carbocycles. The van der Waals surface area contributed by atoms with Crippen molar-refractivity contribution in [2.45, 2.75) is 6.61 Å². The van der Waals surface area contributed by atoms with Crippen LogP contribution < -0.4 is 10.1 Å². The number of para-hydroxylation sites is 1. The van der Waals surface area contributed by atoms with E-state index in [4.69, 9.17) is 18.6 Å². The summed E-state index contributed by atoms with van der Waals surface area (Å²) in [5.74, 6) is 0.198. The topological polar surface area (TPSA) is 90.2 Å². The van der Waals surface area contributed by atoms with Crippen LogP contribution in [0, 0.1) is 0 Å². The van der Waals surface area contributed by atoms with Gasteiger partial charge in [0.05, 0.1) is 26.9 Å². The Labute approximate surface area is 179 Å². The molecule has 8 nitrogen and oxygen atoms in total. The van der Waals surface area contributed by atoms with Crippen molar-refractivity contribution in [1.29, 1.82) is 0 Å². The molecule has 2 aromatic carbocycles. The Bertz CT molecular complexity index is 1070. The number of amides is 2. The normalized spacial score (nSPS) is 13.9. The number of benzene rings is 2. The maximum Gasteiger partial charge on any atom is 0.291 e. The summed E-state index contributed by atoms with van der Waals surface area (Å²) in [6.45, 7) is 2.01. The Morgan fingerprint density at radius 1 is 1.10 bits per heavy atom. The number of rotatable bonds is 7. The molecular weight excluding hydrogens is 400 g/mol. The van der Waals surface area contributed by atoms with Crippen molar-refractivity contribution in [2.75, 3.05) is 45.3 Å². The lowest BCUT2D eigenvalue weighted by molar-refractivity contribution is -0.121. The first-order valence-electron chi connectivity index (χ1n) is 10.0. The molecule has 1 N–H and O–H groups in total. The minimum absolute atomic E-state index is 0.115. The largest absolute Gasteiger partial charge is 0.497 e. The van der Waals surface area contributed by atoms with Gasteiger partial charge < -0.3 is 28.8 Å². The van der Waals surface area contributed by atoms with E-state index in [2.05, 4.69) is 5.32 Å². The fourth-order valence-corrected chi connectivity index (χ4v) is 3.43. The van der Waals surface area contributed by atoms with E-state index in [1.807, 2.05) is 42.5 Å². The van der Waals surface area contributed by atoms with Gasteiger partial charge in [-0.05, 0) is 29.8 Å². The molecule has 3 aromatic rings. The molecule has 0 spiro atoms. The molecule has 0 unspecified atom stereocenters. The predicted molar refractivity (Wildman–Crippen MR) is 114 cm³/mol. The highest BCUT2D eigenvalue weighted by molar-refractivity contribution is 6.11. The lowest BCUT2D eigenvalue weighted by atomic mass is 10.2. The maximum absolute atomic E-state index is 13.0. The van der Waals surface area contributed by atoms with Crippen molar-refractivity contribution >= 4 is 28.5 Å². The molecule has 1 aliphatic heterocycles. The minimum atomic E-state index is -0.370. The number of hydrogen-bond donors (Lipinski definition) is 1. The first-order valence-corrected chi connectivity index (χ1v) is 10.0. The number of morpholine rings is 1. The van der Waals surface area contributed by atoms with Crippen molar-refractivity contribution < 1.29 is 28.2 Å². The highest BCUT2D eigenvalue weighted by atomic mass is 16.5. The van der Waals surface area contributed by atoms with Gasteiger partial charge in [-0.3, -0.25) is 9.59 Å². The van der Waals surface area contributed by atoms with Gasteiger partial charge in [0.1, 0.15) is 23.6 Å². The summed E-state index contributed by atoms with van der Waals surface area (Å²) in [5.41, 5.74) is 1.79. The Hall–Kier alpha value is -3.36. The third-order valence-corrected chi connectivity index (χ3v) is 4.99. The fraction of sp³-hybridized carbons (Fsp3) is 0.304. The molecule has 8 heteroatoms. The van der Waals surface area contributed by atoms with Gasteiger partial charge >= 0.3 is 0 Å². The number of carbonyl (C=O) groups excluding carboxylic acids is 2. The summed E-state index contributed by atoms with van der Waals surface area (Å²) in [5, 5.41) is 3.47. The van der Waals surface area contributed by atoms with E-state index >= 15 is 0 Å². The number of carbonyl (C=O) groups is 2. The second-order valence-corrected chi connectivity index (χ2v) is 7.10. The average molecular weight is 424 g/mol. The van der Waals surface area contributed by atoms with Gasteiger partial charge in [0.15, 0.2) is 0 Å². The van der Waals surface area contributed by atoms with Gasteiger partial charge in [0, 0.05) is 18.5 Å². The number of ether oxygens (including phenoxy) is 3. The second-order valence-electron chi connectivity index (χ2n) is 7.10. The van der Waals surface area contributed by atoms with Crippen LogP contribution >= 0.6 is 0 Å². The van der Waals surface area contributed by atoms with E-state index in [1.54, 1.807) is 18.1 Å². The zero-order valence-corrected chi connectivity index (χ0v) is 17.3. The Kier molecular flexibility index (Phi) is 6.49. The van der Waals surface area contributed by atoms with Crippen LogP contribution in [0.25, 0.3) is 11.0 Å². The average Bonchev–Trinajstić information content (AvgIpc) is 3.17. The SMILES string of the molecule is COc1cccc(COCC(=O)Nc2c(C(=O)N3CCOCC3)oc3ccccc23)c1. The number of furan rings is 1. The van der Waals surface area contributed by atoms with Crippen LogP contribution in [0.1, 0.15) is 16.1 Å². The first kappa shape index (κ1) is 20.9. The number of nitrogens with one attached hydrogen (secondary N) is 1. The summed E-state index contributed by atoms with van der Waals surface area (Å²) >= 11 is 0. The monoisotopic (exact) mass is 424 g/mol. The molecule has 0 saturated carbocycles. The van der Waals surface area contributed by atoms with Crippen molar-refractivity contribution in [2.24, 2.45) is 0 Å². The summed E-state index contributed by atoms with van der Waals surface area (Å²) < 4.78 is 21.9. The zero-order valence-electron chi connectivity index (χ0n) is 17.3.